The number of benzene rings is 1. The van der Waals surface area contributed by atoms with Crippen molar-refractivity contribution in [3.63, 3.8) is 0 Å². The van der Waals surface area contributed by atoms with Gasteiger partial charge in [0.1, 0.15) is 11.3 Å². The Kier molecular flexibility index (Phi) is 6.90. The van der Waals surface area contributed by atoms with Crippen LogP contribution in [0.15, 0.2) is 35.1 Å². The molecule has 150 valence electrons. The van der Waals surface area contributed by atoms with Gasteiger partial charge in [0.2, 0.25) is 0 Å². The number of hydrogen-bond acceptors (Lipinski definition) is 3. The Hall–Kier alpha value is -2.56. The lowest BCUT2D eigenvalue weighted by Crippen LogP contribution is -2.33. The SMILES string of the molecule is CCCCn1c2c(cc(C(=O)Nc3ccc(OC)cc3)c1=O)CCCCCC2. The summed E-state index contributed by atoms with van der Waals surface area (Å²) < 4.78 is 7.02. The van der Waals surface area contributed by atoms with E-state index in [-0.39, 0.29) is 17.0 Å². The predicted octanol–water partition coefficient (Wildman–Crippen LogP) is 4.57. The third-order valence-electron chi connectivity index (χ3n) is 5.43. The summed E-state index contributed by atoms with van der Waals surface area (Å²) in [6.07, 6.45) is 8.45. The zero-order chi connectivity index (χ0) is 19.9. The van der Waals surface area contributed by atoms with E-state index in [1.807, 2.05) is 10.6 Å². The largest absolute Gasteiger partial charge is 0.497 e. The van der Waals surface area contributed by atoms with Gasteiger partial charge in [0.05, 0.1) is 7.11 Å². The van der Waals surface area contributed by atoms with Gasteiger partial charge in [-0.15, -0.1) is 0 Å². The quantitative estimate of drug-likeness (QED) is 0.796. The number of unbranched alkanes of at least 4 members (excludes halogenated alkanes) is 1. The van der Waals surface area contributed by atoms with E-state index in [9.17, 15) is 9.59 Å². The number of carbonyl (C=O) groups excluding carboxylic acids is 1. The maximum atomic E-state index is 13.2. The minimum atomic E-state index is -0.342. The van der Waals surface area contributed by atoms with Crippen LogP contribution in [-0.2, 0) is 19.4 Å². The first kappa shape index (κ1) is 20.2. The summed E-state index contributed by atoms with van der Waals surface area (Å²) in [7, 11) is 1.60. The van der Waals surface area contributed by atoms with Crippen molar-refractivity contribution in [2.75, 3.05) is 12.4 Å². The lowest BCUT2D eigenvalue weighted by atomic mass is 9.95. The van der Waals surface area contributed by atoms with E-state index in [2.05, 4.69) is 12.2 Å². The summed E-state index contributed by atoms with van der Waals surface area (Å²) in [6.45, 7) is 2.80. The molecular weight excluding hydrogens is 352 g/mol. The van der Waals surface area contributed by atoms with Gasteiger partial charge in [-0.2, -0.15) is 0 Å². The van der Waals surface area contributed by atoms with Crippen molar-refractivity contribution >= 4 is 11.6 Å². The normalized spacial score (nSPS) is 13.9. The van der Waals surface area contributed by atoms with Crippen LogP contribution in [0, 0.1) is 0 Å². The van der Waals surface area contributed by atoms with Gasteiger partial charge in [-0.25, -0.2) is 0 Å². The maximum absolute atomic E-state index is 13.2. The van der Waals surface area contributed by atoms with Gasteiger partial charge >= 0.3 is 0 Å². The average molecular weight is 383 g/mol. The number of nitrogens with one attached hydrogen (secondary N) is 1. The van der Waals surface area contributed by atoms with Crippen LogP contribution in [0.1, 0.15) is 67.1 Å². The molecule has 5 nitrogen and oxygen atoms in total. The fraction of sp³-hybridized carbons (Fsp3) is 0.478. The van der Waals surface area contributed by atoms with Crippen molar-refractivity contribution in [3.05, 3.63) is 57.5 Å². The first-order valence-electron chi connectivity index (χ1n) is 10.3. The second-order valence-electron chi connectivity index (χ2n) is 7.44. The fourth-order valence-electron chi connectivity index (χ4n) is 3.82. The molecule has 1 heterocycles. The Bertz CT molecular complexity index is 869. The van der Waals surface area contributed by atoms with Crippen molar-refractivity contribution in [1.29, 1.82) is 0 Å². The summed E-state index contributed by atoms with van der Waals surface area (Å²) in [5, 5.41) is 2.86. The van der Waals surface area contributed by atoms with Crippen molar-refractivity contribution in [2.45, 2.75) is 64.8 Å². The molecule has 1 aliphatic carbocycles. The molecule has 1 N–H and O–H groups in total. The molecule has 1 aliphatic rings. The van der Waals surface area contributed by atoms with Gasteiger partial charge < -0.3 is 14.6 Å². The number of hydrogen-bond donors (Lipinski definition) is 1. The van der Waals surface area contributed by atoms with Crippen LogP contribution in [0.5, 0.6) is 5.75 Å². The molecule has 0 saturated heterocycles. The van der Waals surface area contributed by atoms with Gasteiger partial charge in [0.15, 0.2) is 0 Å². The molecular formula is C23H30N2O3. The minimum Gasteiger partial charge on any atom is -0.497 e. The van der Waals surface area contributed by atoms with Crippen LogP contribution < -0.4 is 15.6 Å². The third kappa shape index (κ3) is 4.64. The molecule has 0 saturated carbocycles. The predicted molar refractivity (Wildman–Crippen MR) is 112 cm³/mol. The molecule has 0 radical (unpaired) electrons. The molecule has 1 amide bonds. The monoisotopic (exact) mass is 382 g/mol. The smallest absolute Gasteiger partial charge is 0.263 e. The van der Waals surface area contributed by atoms with Gasteiger partial charge in [0.25, 0.3) is 11.5 Å². The number of fused-ring (bicyclic) bond motifs is 1. The fourth-order valence-corrected chi connectivity index (χ4v) is 3.82. The Labute approximate surface area is 166 Å². The van der Waals surface area contributed by atoms with Crippen molar-refractivity contribution in [3.8, 4) is 5.75 Å². The van der Waals surface area contributed by atoms with E-state index in [1.165, 1.54) is 12.8 Å². The highest BCUT2D eigenvalue weighted by Crippen LogP contribution is 2.21. The number of aryl methyl sites for hydroxylation is 1. The molecule has 1 aromatic carbocycles. The van der Waals surface area contributed by atoms with Crippen molar-refractivity contribution in [1.82, 2.24) is 4.57 Å². The Morgan fingerprint density at radius 2 is 1.82 bits per heavy atom. The molecule has 0 spiro atoms. The van der Waals surface area contributed by atoms with Crippen molar-refractivity contribution in [2.24, 2.45) is 0 Å². The molecule has 5 heteroatoms. The average Bonchev–Trinajstić information content (AvgIpc) is 2.68. The summed E-state index contributed by atoms with van der Waals surface area (Å²) in [5.41, 5.74) is 3.02. The lowest BCUT2D eigenvalue weighted by Gasteiger charge is -2.21. The van der Waals surface area contributed by atoms with Crippen LogP contribution in [0.25, 0.3) is 0 Å². The number of carbonyl (C=O) groups is 1. The highest BCUT2D eigenvalue weighted by molar-refractivity contribution is 6.04. The number of amides is 1. The highest BCUT2D eigenvalue weighted by Gasteiger charge is 2.20. The zero-order valence-corrected chi connectivity index (χ0v) is 16.9. The summed E-state index contributed by atoms with van der Waals surface area (Å²) in [4.78, 5) is 26.1. The Morgan fingerprint density at radius 3 is 2.50 bits per heavy atom. The first-order valence-corrected chi connectivity index (χ1v) is 10.3. The van der Waals surface area contributed by atoms with E-state index in [1.54, 1.807) is 31.4 Å². The number of anilines is 1. The third-order valence-corrected chi connectivity index (χ3v) is 5.43. The number of nitrogens with zero attached hydrogens (tertiary/aromatic N) is 1. The maximum Gasteiger partial charge on any atom is 0.263 e. The van der Waals surface area contributed by atoms with Gasteiger partial charge in [0, 0.05) is 17.9 Å². The number of rotatable bonds is 6. The number of pyridine rings is 1. The standard InChI is InChI=1S/C23H30N2O3/c1-3-4-15-25-21-10-8-6-5-7-9-17(21)16-20(23(25)27)22(26)24-18-11-13-19(28-2)14-12-18/h11-14,16H,3-10,15H2,1-2H3,(H,24,26). The van der Waals surface area contributed by atoms with E-state index in [4.69, 9.17) is 4.74 Å². The minimum absolute atomic E-state index is 0.168. The van der Waals surface area contributed by atoms with Crippen molar-refractivity contribution < 1.29 is 9.53 Å². The summed E-state index contributed by atoms with van der Waals surface area (Å²) in [5.74, 6) is 0.381. The molecule has 28 heavy (non-hydrogen) atoms. The van der Waals surface area contributed by atoms with Crippen LogP contribution in [0.2, 0.25) is 0 Å². The molecule has 2 aromatic rings. The van der Waals surface area contributed by atoms with E-state index in [0.717, 1.165) is 55.5 Å². The molecule has 0 fully saturated rings. The van der Waals surface area contributed by atoms with E-state index in [0.29, 0.717) is 12.2 Å². The molecule has 0 aliphatic heterocycles. The van der Waals surface area contributed by atoms with Crippen LogP contribution in [-0.4, -0.2) is 17.6 Å². The molecule has 0 bridgehead atoms. The Balaban J connectivity index is 1.95. The molecule has 0 unspecified atom stereocenters. The summed E-state index contributed by atoms with van der Waals surface area (Å²) in [6, 6.07) is 8.97. The summed E-state index contributed by atoms with van der Waals surface area (Å²) >= 11 is 0. The van der Waals surface area contributed by atoms with Gasteiger partial charge in [-0.05, 0) is 68.0 Å². The molecule has 0 atom stereocenters. The Morgan fingerprint density at radius 1 is 1.11 bits per heavy atom. The molecule has 3 rings (SSSR count). The van der Waals surface area contributed by atoms with Gasteiger partial charge in [-0.3, -0.25) is 9.59 Å². The first-order chi connectivity index (χ1) is 13.6. The number of methoxy groups -OCH3 is 1. The number of ether oxygens (including phenoxy) is 1. The number of aromatic nitrogens is 1. The lowest BCUT2D eigenvalue weighted by molar-refractivity contribution is 0.102. The van der Waals surface area contributed by atoms with Gasteiger partial charge in [-0.1, -0.05) is 26.2 Å². The molecule has 1 aromatic heterocycles. The van der Waals surface area contributed by atoms with Crippen LogP contribution >= 0.6 is 0 Å². The van der Waals surface area contributed by atoms with E-state index < -0.39 is 0 Å². The topological polar surface area (TPSA) is 60.3 Å². The van der Waals surface area contributed by atoms with Crippen LogP contribution in [0.4, 0.5) is 5.69 Å². The van der Waals surface area contributed by atoms with Crippen LogP contribution in [0.3, 0.4) is 0 Å². The van der Waals surface area contributed by atoms with E-state index >= 15 is 0 Å². The zero-order valence-electron chi connectivity index (χ0n) is 16.9. The second kappa shape index (κ2) is 9.58. The highest BCUT2D eigenvalue weighted by atomic mass is 16.5. The second-order valence-corrected chi connectivity index (χ2v) is 7.44.